The summed E-state index contributed by atoms with van der Waals surface area (Å²) in [6, 6.07) is 7.87. The van der Waals surface area contributed by atoms with Gasteiger partial charge in [0.1, 0.15) is 0 Å². The third-order valence-corrected chi connectivity index (χ3v) is 4.51. The number of hydrogen-bond acceptors (Lipinski definition) is 5. The first-order valence-electron chi connectivity index (χ1n) is 6.51. The zero-order chi connectivity index (χ0) is 13.9. The highest BCUT2D eigenvalue weighted by Crippen LogP contribution is 2.29. The number of nitrogens with zero attached hydrogens (tertiary/aromatic N) is 2. The summed E-state index contributed by atoms with van der Waals surface area (Å²) in [5.41, 5.74) is 6.73. The van der Waals surface area contributed by atoms with Crippen molar-refractivity contribution in [3.8, 4) is 0 Å². The number of aromatic nitrogens is 1. The fraction of sp³-hybridized carbons (Fsp3) is 0.357. The van der Waals surface area contributed by atoms with Crippen molar-refractivity contribution in [3.05, 3.63) is 45.9 Å². The average Bonchev–Trinajstić information content (AvgIpc) is 2.85. The Morgan fingerprint density at radius 1 is 1.45 bits per heavy atom. The molecular weight excluding hydrogens is 294 g/mol. The average molecular weight is 310 g/mol. The van der Waals surface area contributed by atoms with E-state index in [4.69, 9.17) is 22.1 Å². The Bertz CT molecular complexity index is 589. The molecule has 6 heteroatoms. The first kappa shape index (κ1) is 13.8. The monoisotopic (exact) mass is 309 g/mol. The summed E-state index contributed by atoms with van der Waals surface area (Å²) < 4.78 is 5.85. The molecule has 106 valence electrons. The Hall–Kier alpha value is -1.14. The molecule has 2 aromatic rings. The van der Waals surface area contributed by atoms with E-state index in [-0.39, 0.29) is 6.10 Å². The Balaban J connectivity index is 1.69. The number of anilines is 1. The van der Waals surface area contributed by atoms with E-state index in [0.29, 0.717) is 11.7 Å². The quantitative estimate of drug-likeness (QED) is 0.947. The zero-order valence-electron chi connectivity index (χ0n) is 11.0. The van der Waals surface area contributed by atoms with Gasteiger partial charge in [0.05, 0.1) is 12.7 Å². The van der Waals surface area contributed by atoms with Crippen LogP contribution in [0.15, 0.2) is 30.5 Å². The Kier molecular flexibility index (Phi) is 4.21. The maximum atomic E-state index is 6.25. The van der Waals surface area contributed by atoms with Gasteiger partial charge in [-0.15, -0.1) is 11.3 Å². The fourth-order valence-electron chi connectivity index (χ4n) is 2.39. The third-order valence-electron chi connectivity index (χ3n) is 3.35. The number of nitrogens with two attached hydrogens (primary N) is 1. The molecule has 1 aliphatic heterocycles. The summed E-state index contributed by atoms with van der Waals surface area (Å²) in [5.74, 6) is 0. The molecule has 4 nitrogen and oxygen atoms in total. The molecular formula is C14H16ClN3OS. The summed E-state index contributed by atoms with van der Waals surface area (Å²) in [4.78, 5) is 7.63. The van der Waals surface area contributed by atoms with Gasteiger partial charge in [0.15, 0.2) is 5.13 Å². The largest absolute Gasteiger partial charge is 0.375 e. The van der Waals surface area contributed by atoms with Gasteiger partial charge in [0.2, 0.25) is 0 Å². The van der Waals surface area contributed by atoms with E-state index in [1.807, 2.05) is 30.5 Å². The van der Waals surface area contributed by atoms with Crippen molar-refractivity contribution >= 4 is 28.1 Å². The van der Waals surface area contributed by atoms with E-state index in [0.717, 1.165) is 30.2 Å². The zero-order valence-corrected chi connectivity index (χ0v) is 12.5. The molecule has 2 N–H and O–H groups in total. The number of rotatable bonds is 3. The molecule has 0 amide bonds. The number of halogens is 1. The first-order chi connectivity index (χ1) is 9.72. The maximum absolute atomic E-state index is 6.25. The smallest absolute Gasteiger partial charge is 0.180 e. The molecule has 1 unspecified atom stereocenters. The first-order valence-corrected chi connectivity index (χ1v) is 7.70. The Labute approximate surface area is 127 Å². The topological polar surface area (TPSA) is 51.4 Å². The van der Waals surface area contributed by atoms with Gasteiger partial charge in [0.25, 0.3) is 0 Å². The molecule has 0 bridgehead atoms. The van der Waals surface area contributed by atoms with Crippen molar-refractivity contribution < 1.29 is 4.74 Å². The van der Waals surface area contributed by atoms with Crippen molar-refractivity contribution in [3.63, 3.8) is 0 Å². The molecule has 1 atom stereocenters. The van der Waals surface area contributed by atoms with Crippen LogP contribution < -0.4 is 5.73 Å². The minimum atomic E-state index is 0.0303. The molecule has 0 aliphatic carbocycles. The van der Waals surface area contributed by atoms with E-state index >= 15 is 0 Å². The fourth-order valence-corrected chi connectivity index (χ4v) is 3.37. The molecule has 0 saturated carbocycles. The van der Waals surface area contributed by atoms with E-state index in [2.05, 4.69) is 9.88 Å². The van der Waals surface area contributed by atoms with Crippen LogP contribution in [0.25, 0.3) is 0 Å². The van der Waals surface area contributed by atoms with Crippen LogP contribution in [0.2, 0.25) is 5.02 Å². The molecule has 1 fully saturated rings. The van der Waals surface area contributed by atoms with Gasteiger partial charge in [-0.1, -0.05) is 29.8 Å². The lowest BCUT2D eigenvalue weighted by atomic mass is 10.1. The lowest BCUT2D eigenvalue weighted by Crippen LogP contribution is -2.37. The van der Waals surface area contributed by atoms with E-state index < -0.39 is 0 Å². The number of morpholine rings is 1. The lowest BCUT2D eigenvalue weighted by Gasteiger charge is -2.33. The second-order valence-corrected chi connectivity index (χ2v) is 6.33. The van der Waals surface area contributed by atoms with Crippen LogP contribution in [0.5, 0.6) is 0 Å². The van der Waals surface area contributed by atoms with Crippen molar-refractivity contribution in [1.29, 1.82) is 0 Å². The highest BCUT2D eigenvalue weighted by atomic mass is 35.5. The highest BCUT2D eigenvalue weighted by molar-refractivity contribution is 7.15. The van der Waals surface area contributed by atoms with Gasteiger partial charge in [-0.2, -0.15) is 0 Å². The van der Waals surface area contributed by atoms with Crippen LogP contribution in [0.1, 0.15) is 16.5 Å². The second-order valence-electron chi connectivity index (χ2n) is 4.78. The summed E-state index contributed by atoms with van der Waals surface area (Å²) in [6.07, 6.45) is 1.88. The highest BCUT2D eigenvalue weighted by Gasteiger charge is 2.23. The Morgan fingerprint density at radius 2 is 2.30 bits per heavy atom. The normalized spacial score (nSPS) is 20.1. The lowest BCUT2D eigenvalue weighted by molar-refractivity contribution is -0.0325. The second kappa shape index (κ2) is 6.10. The molecule has 1 aliphatic rings. The van der Waals surface area contributed by atoms with Crippen molar-refractivity contribution in [1.82, 2.24) is 9.88 Å². The summed E-state index contributed by atoms with van der Waals surface area (Å²) in [6.45, 7) is 3.32. The van der Waals surface area contributed by atoms with Crippen molar-refractivity contribution in [2.24, 2.45) is 0 Å². The minimum absolute atomic E-state index is 0.0303. The van der Waals surface area contributed by atoms with Gasteiger partial charge in [-0.25, -0.2) is 4.98 Å². The molecule has 20 heavy (non-hydrogen) atoms. The van der Waals surface area contributed by atoms with Gasteiger partial charge >= 0.3 is 0 Å². The maximum Gasteiger partial charge on any atom is 0.180 e. The summed E-state index contributed by atoms with van der Waals surface area (Å²) in [7, 11) is 0. The SMILES string of the molecule is Nc1ncc(CN2CCOC(c3ccccc3Cl)C2)s1. The molecule has 3 rings (SSSR count). The molecule has 1 aromatic heterocycles. The number of benzene rings is 1. The predicted molar refractivity (Wildman–Crippen MR) is 81.9 cm³/mol. The number of thiazole rings is 1. The van der Waals surface area contributed by atoms with Crippen LogP contribution >= 0.6 is 22.9 Å². The number of ether oxygens (including phenoxy) is 1. The van der Waals surface area contributed by atoms with E-state index in [1.165, 1.54) is 16.2 Å². The Morgan fingerprint density at radius 3 is 3.05 bits per heavy atom. The number of nitrogen functional groups attached to an aromatic ring is 1. The van der Waals surface area contributed by atoms with Gasteiger partial charge < -0.3 is 10.5 Å². The minimum Gasteiger partial charge on any atom is -0.375 e. The van der Waals surface area contributed by atoms with Crippen LogP contribution in [0, 0.1) is 0 Å². The van der Waals surface area contributed by atoms with Crippen LogP contribution in [-0.4, -0.2) is 29.6 Å². The summed E-state index contributed by atoms with van der Waals surface area (Å²) in [5, 5.41) is 1.39. The predicted octanol–water partition coefficient (Wildman–Crippen LogP) is 2.95. The number of hydrogen-bond donors (Lipinski definition) is 1. The van der Waals surface area contributed by atoms with Gasteiger partial charge in [0, 0.05) is 41.3 Å². The van der Waals surface area contributed by atoms with Gasteiger partial charge in [-0.3, -0.25) is 4.90 Å². The molecule has 2 heterocycles. The van der Waals surface area contributed by atoms with Crippen LogP contribution in [0.3, 0.4) is 0 Å². The molecule has 1 saturated heterocycles. The van der Waals surface area contributed by atoms with Gasteiger partial charge in [-0.05, 0) is 6.07 Å². The van der Waals surface area contributed by atoms with E-state index in [1.54, 1.807) is 0 Å². The summed E-state index contributed by atoms with van der Waals surface area (Å²) >= 11 is 7.79. The van der Waals surface area contributed by atoms with Crippen molar-refractivity contribution in [2.75, 3.05) is 25.4 Å². The van der Waals surface area contributed by atoms with Crippen LogP contribution in [-0.2, 0) is 11.3 Å². The van der Waals surface area contributed by atoms with Crippen LogP contribution in [0.4, 0.5) is 5.13 Å². The molecule has 1 aromatic carbocycles. The van der Waals surface area contributed by atoms with Crippen molar-refractivity contribution in [2.45, 2.75) is 12.6 Å². The third kappa shape index (κ3) is 3.12. The molecule has 0 spiro atoms. The molecule has 0 radical (unpaired) electrons. The van der Waals surface area contributed by atoms with E-state index in [9.17, 15) is 0 Å². The standard InChI is InChI=1S/C14H16ClN3OS/c15-12-4-2-1-3-11(12)13-9-18(5-6-19-13)8-10-7-17-14(16)20-10/h1-4,7,13H,5-6,8-9H2,(H2,16,17).